The molecule has 3 N–H and O–H groups in total. The highest BCUT2D eigenvalue weighted by atomic mass is 16.3. The molecule has 0 bridgehead atoms. The van der Waals surface area contributed by atoms with Crippen molar-refractivity contribution in [1.82, 2.24) is 15.3 Å². The normalized spacial score (nSPS) is 20.4. The number of hydrogen-bond acceptors (Lipinski definition) is 3. The molecule has 0 fully saturated rings. The lowest BCUT2D eigenvalue weighted by Crippen LogP contribution is -2.32. The number of fused-ring (bicyclic) bond motifs is 1. The Hall–Kier alpha value is -1.36. The molecule has 0 saturated carbocycles. The van der Waals surface area contributed by atoms with Crippen molar-refractivity contribution in [2.45, 2.75) is 39.7 Å². The maximum atomic E-state index is 11.8. The monoisotopic (exact) mass is 237 g/mol. The molecule has 1 atom stereocenters. The first-order valence-corrected chi connectivity index (χ1v) is 5.91. The fourth-order valence-electron chi connectivity index (χ4n) is 2.10. The lowest BCUT2D eigenvalue weighted by Gasteiger charge is -2.21. The zero-order valence-corrected chi connectivity index (χ0v) is 10.5. The minimum Gasteiger partial charge on any atom is -0.393 e. The molecular weight excluding hydrogens is 218 g/mol. The number of carbonyl (C=O) groups excluding carboxylic acids is 1. The van der Waals surface area contributed by atoms with Crippen LogP contribution in [0, 0.1) is 5.41 Å². The van der Waals surface area contributed by atoms with Crippen molar-refractivity contribution in [2.75, 3.05) is 6.54 Å². The largest absolute Gasteiger partial charge is 0.393 e. The number of aromatic nitrogens is 2. The van der Waals surface area contributed by atoms with Crippen molar-refractivity contribution in [3.8, 4) is 0 Å². The van der Waals surface area contributed by atoms with E-state index in [1.807, 2.05) is 0 Å². The predicted molar refractivity (Wildman–Crippen MR) is 63.8 cm³/mol. The van der Waals surface area contributed by atoms with E-state index in [2.05, 4.69) is 29.1 Å². The van der Waals surface area contributed by atoms with Crippen molar-refractivity contribution in [1.29, 1.82) is 0 Å². The third-order valence-corrected chi connectivity index (χ3v) is 2.91. The topological polar surface area (TPSA) is 78.0 Å². The summed E-state index contributed by atoms with van der Waals surface area (Å²) in [5.41, 5.74) is 1.38. The third-order valence-electron chi connectivity index (χ3n) is 2.91. The molecule has 1 amide bonds. The van der Waals surface area contributed by atoms with Crippen LogP contribution in [0.25, 0.3) is 0 Å². The van der Waals surface area contributed by atoms with Gasteiger partial charge in [-0.25, -0.2) is 4.98 Å². The maximum Gasteiger partial charge on any atom is 0.271 e. The van der Waals surface area contributed by atoms with Crippen LogP contribution in [0.15, 0.2) is 0 Å². The van der Waals surface area contributed by atoms with Crippen LogP contribution in [0.4, 0.5) is 0 Å². The Morgan fingerprint density at radius 3 is 2.88 bits per heavy atom. The number of aliphatic hydroxyl groups excluding tert-OH is 1. The van der Waals surface area contributed by atoms with Gasteiger partial charge in [0.2, 0.25) is 0 Å². The average Bonchev–Trinajstić information content (AvgIpc) is 2.51. The molecule has 1 aliphatic rings. The smallest absolute Gasteiger partial charge is 0.271 e. The summed E-state index contributed by atoms with van der Waals surface area (Å²) in [6.45, 7) is 6.58. The molecule has 0 spiro atoms. The highest BCUT2D eigenvalue weighted by Gasteiger charge is 2.29. The molecule has 0 saturated heterocycles. The Morgan fingerprint density at radius 1 is 1.53 bits per heavy atom. The van der Waals surface area contributed by atoms with Gasteiger partial charge >= 0.3 is 0 Å². The van der Waals surface area contributed by atoms with Gasteiger partial charge in [-0.05, 0) is 18.8 Å². The molecule has 0 aliphatic carbocycles. The fourth-order valence-corrected chi connectivity index (χ4v) is 2.10. The summed E-state index contributed by atoms with van der Waals surface area (Å²) in [5, 5.41) is 12.2. The number of aromatic amines is 1. The molecule has 1 unspecified atom stereocenters. The van der Waals surface area contributed by atoms with E-state index in [1.54, 1.807) is 6.92 Å². The Morgan fingerprint density at radius 2 is 2.24 bits per heavy atom. The van der Waals surface area contributed by atoms with E-state index in [0.29, 0.717) is 24.5 Å². The molecule has 1 aromatic heterocycles. The summed E-state index contributed by atoms with van der Waals surface area (Å²) in [7, 11) is 0. The predicted octanol–water partition coefficient (Wildman–Crippen LogP) is 0.645. The molecule has 0 radical (unpaired) electrons. The van der Waals surface area contributed by atoms with Gasteiger partial charge in [-0.3, -0.25) is 4.79 Å². The molecular formula is C12H19N3O2. The van der Waals surface area contributed by atoms with E-state index >= 15 is 0 Å². The van der Waals surface area contributed by atoms with Crippen molar-refractivity contribution in [2.24, 2.45) is 5.41 Å². The van der Waals surface area contributed by atoms with Crippen LogP contribution in [-0.2, 0) is 12.8 Å². The molecule has 2 rings (SSSR count). The summed E-state index contributed by atoms with van der Waals surface area (Å²) >= 11 is 0. The second kappa shape index (κ2) is 4.14. The number of nitrogens with zero attached hydrogens (tertiary/aromatic N) is 1. The van der Waals surface area contributed by atoms with E-state index in [-0.39, 0.29) is 11.3 Å². The molecule has 5 heteroatoms. The van der Waals surface area contributed by atoms with Crippen LogP contribution in [0.3, 0.4) is 0 Å². The highest BCUT2D eigenvalue weighted by Crippen LogP contribution is 2.25. The molecule has 5 nitrogen and oxygen atoms in total. The molecule has 1 aromatic rings. The van der Waals surface area contributed by atoms with Gasteiger partial charge in [-0.2, -0.15) is 0 Å². The Bertz CT molecular complexity index is 435. The van der Waals surface area contributed by atoms with Gasteiger partial charge < -0.3 is 15.4 Å². The number of H-pyrrole nitrogens is 1. The Kier molecular flexibility index (Phi) is 2.95. The number of carbonyl (C=O) groups is 1. The Balaban J connectivity index is 2.32. The summed E-state index contributed by atoms with van der Waals surface area (Å²) < 4.78 is 0. The summed E-state index contributed by atoms with van der Waals surface area (Å²) in [5.74, 6) is 0.552. The van der Waals surface area contributed by atoms with E-state index in [4.69, 9.17) is 0 Å². The van der Waals surface area contributed by atoms with Crippen LogP contribution >= 0.6 is 0 Å². The lowest BCUT2D eigenvalue weighted by atomic mass is 9.88. The molecule has 0 aromatic carbocycles. The van der Waals surface area contributed by atoms with Gasteiger partial charge in [0.25, 0.3) is 5.91 Å². The van der Waals surface area contributed by atoms with E-state index in [9.17, 15) is 9.90 Å². The van der Waals surface area contributed by atoms with Crippen LogP contribution in [0.2, 0.25) is 0 Å². The first-order valence-electron chi connectivity index (χ1n) is 5.91. The van der Waals surface area contributed by atoms with Crippen molar-refractivity contribution < 1.29 is 9.90 Å². The van der Waals surface area contributed by atoms with Gasteiger partial charge in [-0.1, -0.05) is 13.8 Å². The van der Waals surface area contributed by atoms with E-state index < -0.39 is 6.10 Å². The first-order chi connectivity index (χ1) is 7.87. The average molecular weight is 237 g/mol. The zero-order chi connectivity index (χ0) is 12.6. The van der Waals surface area contributed by atoms with Gasteiger partial charge in [-0.15, -0.1) is 0 Å². The minimum atomic E-state index is -0.458. The number of rotatable bonds is 2. The van der Waals surface area contributed by atoms with Crippen LogP contribution in [0.1, 0.15) is 42.8 Å². The van der Waals surface area contributed by atoms with Gasteiger partial charge in [0, 0.05) is 18.7 Å². The van der Waals surface area contributed by atoms with Crippen molar-refractivity contribution >= 4 is 5.91 Å². The molecule has 17 heavy (non-hydrogen) atoms. The number of imidazole rings is 1. The Labute approximate surface area is 101 Å². The maximum absolute atomic E-state index is 11.8. The quantitative estimate of drug-likeness (QED) is 0.706. The SMILES string of the molecule is CC(O)Cc1nc2c([nH]1)CC(C)(C)CNC2=O. The minimum absolute atomic E-state index is 0.0234. The first kappa shape index (κ1) is 12.1. The molecule has 1 aliphatic heterocycles. The molecule has 2 heterocycles. The summed E-state index contributed by atoms with van der Waals surface area (Å²) in [6.07, 6.45) is 0.773. The zero-order valence-electron chi connectivity index (χ0n) is 10.5. The number of nitrogens with one attached hydrogen (secondary N) is 2. The second-order valence-corrected chi connectivity index (χ2v) is 5.59. The van der Waals surface area contributed by atoms with Crippen molar-refractivity contribution in [3.05, 3.63) is 17.2 Å². The highest BCUT2D eigenvalue weighted by molar-refractivity contribution is 5.93. The van der Waals surface area contributed by atoms with Crippen LogP contribution < -0.4 is 5.32 Å². The van der Waals surface area contributed by atoms with Crippen LogP contribution in [-0.4, -0.2) is 33.6 Å². The van der Waals surface area contributed by atoms with Gasteiger partial charge in [0.1, 0.15) is 11.5 Å². The lowest BCUT2D eigenvalue weighted by molar-refractivity contribution is 0.0940. The van der Waals surface area contributed by atoms with Gasteiger partial charge in [0.15, 0.2) is 0 Å². The molecule has 94 valence electrons. The van der Waals surface area contributed by atoms with Crippen molar-refractivity contribution in [3.63, 3.8) is 0 Å². The number of aliphatic hydroxyl groups is 1. The van der Waals surface area contributed by atoms with E-state index in [1.165, 1.54) is 0 Å². The number of amides is 1. The van der Waals surface area contributed by atoms with Gasteiger partial charge in [0.05, 0.1) is 6.10 Å². The summed E-state index contributed by atoms with van der Waals surface area (Å²) in [4.78, 5) is 19.3. The summed E-state index contributed by atoms with van der Waals surface area (Å²) in [6, 6.07) is 0. The standard InChI is InChI=1S/C12H19N3O2/c1-7(16)4-9-14-8-5-12(2,3)6-13-11(17)10(8)15-9/h7,16H,4-6H2,1-3H3,(H,13,17)(H,14,15). The number of hydrogen-bond donors (Lipinski definition) is 3. The second-order valence-electron chi connectivity index (χ2n) is 5.59. The van der Waals surface area contributed by atoms with E-state index in [0.717, 1.165) is 12.1 Å². The van der Waals surface area contributed by atoms with Crippen LogP contribution in [0.5, 0.6) is 0 Å². The third kappa shape index (κ3) is 2.66. The fraction of sp³-hybridized carbons (Fsp3) is 0.667.